The topological polar surface area (TPSA) is 72.7 Å². The third-order valence-corrected chi connectivity index (χ3v) is 5.61. The van der Waals surface area contributed by atoms with E-state index in [0.717, 1.165) is 35.9 Å². The molecule has 0 saturated heterocycles. The quantitative estimate of drug-likeness (QED) is 0.460. The lowest BCUT2D eigenvalue weighted by molar-refractivity contribution is -0.137. The molecule has 0 fully saturated rings. The van der Waals surface area contributed by atoms with Crippen LogP contribution in [0.1, 0.15) is 25.8 Å². The van der Waals surface area contributed by atoms with Crippen LogP contribution in [-0.4, -0.2) is 30.9 Å². The molecule has 164 valence electrons. The van der Waals surface area contributed by atoms with Crippen molar-refractivity contribution in [2.75, 3.05) is 5.32 Å². The van der Waals surface area contributed by atoms with Crippen LogP contribution >= 0.6 is 23.4 Å². The Labute approximate surface area is 186 Å². The van der Waals surface area contributed by atoms with Gasteiger partial charge in [-0.25, -0.2) is 0 Å². The molecule has 0 aliphatic carbocycles. The second-order valence-corrected chi connectivity index (χ2v) is 8.38. The Kier molecular flexibility index (Phi) is 7.22. The summed E-state index contributed by atoms with van der Waals surface area (Å²) in [7, 11) is 0. The molecule has 0 bridgehead atoms. The summed E-state index contributed by atoms with van der Waals surface area (Å²) in [4.78, 5) is 16.6. The van der Waals surface area contributed by atoms with Crippen LogP contribution in [0.15, 0.2) is 47.9 Å². The summed E-state index contributed by atoms with van der Waals surface area (Å²) < 4.78 is 41.7. The van der Waals surface area contributed by atoms with Gasteiger partial charge in [0.2, 0.25) is 5.91 Å². The fraction of sp³-hybridized carbons (Fsp3) is 0.300. The van der Waals surface area contributed by atoms with Gasteiger partial charge in [0, 0.05) is 29.5 Å². The molecule has 0 radical (unpaired) electrons. The average molecular weight is 470 g/mol. The first-order chi connectivity index (χ1) is 14.7. The number of aromatic nitrogens is 4. The average Bonchev–Trinajstić information content (AvgIpc) is 3.11. The minimum Gasteiger partial charge on any atom is -0.325 e. The molecule has 0 spiro atoms. The van der Waals surface area contributed by atoms with Crippen molar-refractivity contribution in [1.82, 2.24) is 19.7 Å². The Morgan fingerprint density at radius 1 is 1.23 bits per heavy atom. The van der Waals surface area contributed by atoms with Gasteiger partial charge in [-0.05, 0) is 43.7 Å². The zero-order chi connectivity index (χ0) is 22.6. The number of alkyl halides is 3. The minimum absolute atomic E-state index is 0.0657. The molecule has 1 N–H and O–H groups in total. The molecule has 1 aromatic carbocycles. The summed E-state index contributed by atoms with van der Waals surface area (Å²) >= 11 is 6.81. The lowest BCUT2D eigenvalue weighted by atomic mass is 10.1. The maximum absolute atomic E-state index is 13.3. The lowest BCUT2D eigenvalue weighted by Gasteiger charge is -2.17. The van der Waals surface area contributed by atoms with Crippen molar-refractivity contribution in [3.05, 3.63) is 53.3 Å². The number of anilines is 1. The van der Waals surface area contributed by atoms with E-state index in [0.29, 0.717) is 17.5 Å². The van der Waals surface area contributed by atoms with Gasteiger partial charge in [-0.15, -0.1) is 10.2 Å². The first-order valence-corrected chi connectivity index (χ1v) is 10.6. The van der Waals surface area contributed by atoms with Crippen LogP contribution in [-0.2, 0) is 17.5 Å². The molecular formula is C20H19ClF3N5OS. The molecule has 3 rings (SSSR count). The number of halogens is 4. The van der Waals surface area contributed by atoms with Crippen LogP contribution in [0, 0.1) is 0 Å². The van der Waals surface area contributed by atoms with Gasteiger partial charge in [0.05, 0.1) is 16.5 Å². The van der Waals surface area contributed by atoms with Crippen molar-refractivity contribution in [3.8, 4) is 11.4 Å². The van der Waals surface area contributed by atoms with Crippen molar-refractivity contribution >= 4 is 35.0 Å². The maximum Gasteiger partial charge on any atom is 0.418 e. The predicted molar refractivity (Wildman–Crippen MR) is 114 cm³/mol. The van der Waals surface area contributed by atoms with Gasteiger partial charge < -0.3 is 9.88 Å². The zero-order valence-electron chi connectivity index (χ0n) is 16.7. The summed E-state index contributed by atoms with van der Waals surface area (Å²) in [6.07, 6.45) is -0.546. The summed E-state index contributed by atoms with van der Waals surface area (Å²) in [5.74, 6) is 0.0470. The van der Waals surface area contributed by atoms with E-state index in [-0.39, 0.29) is 10.7 Å². The van der Waals surface area contributed by atoms with Gasteiger partial charge in [-0.3, -0.25) is 9.78 Å². The highest BCUT2D eigenvalue weighted by Crippen LogP contribution is 2.37. The number of nitrogens with zero attached hydrogens (tertiary/aromatic N) is 4. The number of benzene rings is 1. The highest BCUT2D eigenvalue weighted by molar-refractivity contribution is 8.00. The van der Waals surface area contributed by atoms with Crippen LogP contribution in [0.25, 0.3) is 11.4 Å². The standard InChI is InChI=1S/C20H19ClF3N5OS/c1-3-10-29-17(13-6-8-25-9-7-13)27-28-19(29)31-12(2)18(30)26-16-5-4-14(21)11-15(16)20(22,23)24/h4-9,11-12H,3,10H2,1-2H3,(H,26,30). The number of amides is 1. The minimum atomic E-state index is -4.65. The molecule has 0 aliphatic rings. The molecule has 3 aromatic rings. The molecule has 6 nitrogen and oxygen atoms in total. The van der Waals surface area contributed by atoms with E-state index in [2.05, 4.69) is 20.5 Å². The Hall–Kier alpha value is -2.59. The van der Waals surface area contributed by atoms with Crippen LogP contribution in [0.5, 0.6) is 0 Å². The Morgan fingerprint density at radius 3 is 2.58 bits per heavy atom. The van der Waals surface area contributed by atoms with Gasteiger partial charge in [-0.1, -0.05) is 30.3 Å². The van der Waals surface area contributed by atoms with Crippen molar-refractivity contribution in [3.63, 3.8) is 0 Å². The molecule has 11 heteroatoms. The Bertz CT molecular complexity index is 1060. The van der Waals surface area contributed by atoms with Crippen LogP contribution in [0.4, 0.5) is 18.9 Å². The second kappa shape index (κ2) is 9.69. The molecule has 0 saturated carbocycles. The summed E-state index contributed by atoms with van der Waals surface area (Å²) in [6, 6.07) is 6.83. The third kappa shape index (κ3) is 5.56. The fourth-order valence-corrected chi connectivity index (χ4v) is 3.87. The predicted octanol–water partition coefficient (Wildman–Crippen LogP) is 5.54. The smallest absolute Gasteiger partial charge is 0.325 e. The summed E-state index contributed by atoms with van der Waals surface area (Å²) in [5, 5.41) is 10.5. The summed E-state index contributed by atoms with van der Waals surface area (Å²) in [6.45, 7) is 4.22. The lowest BCUT2D eigenvalue weighted by Crippen LogP contribution is -2.24. The number of pyridine rings is 1. The van der Waals surface area contributed by atoms with Crippen LogP contribution in [0.3, 0.4) is 0 Å². The Balaban J connectivity index is 1.80. The van der Waals surface area contributed by atoms with Gasteiger partial charge >= 0.3 is 6.18 Å². The highest BCUT2D eigenvalue weighted by atomic mass is 35.5. The van der Waals surface area contributed by atoms with E-state index < -0.39 is 22.9 Å². The van der Waals surface area contributed by atoms with E-state index >= 15 is 0 Å². The number of carbonyl (C=O) groups excluding carboxylic acids is 1. The van der Waals surface area contributed by atoms with Crippen molar-refractivity contribution in [2.45, 2.75) is 43.4 Å². The number of thioether (sulfide) groups is 1. The highest BCUT2D eigenvalue weighted by Gasteiger charge is 2.34. The van der Waals surface area contributed by atoms with Crippen LogP contribution in [0.2, 0.25) is 5.02 Å². The van der Waals surface area contributed by atoms with Gasteiger partial charge in [0.15, 0.2) is 11.0 Å². The molecule has 1 amide bonds. The van der Waals surface area contributed by atoms with Crippen molar-refractivity contribution in [1.29, 1.82) is 0 Å². The molecule has 1 atom stereocenters. The monoisotopic (exact) mass is 469 g/mol. The molecule has 2 aromatic heterocycles. The largest absolute Gasteiger partial charge is 0.418 e. The second-order valence-electron chi connectivity index (χ2n) is 6.63. The van der Waals surface area contributed by atoms with Gasteiger partial charge in [-0.2, -0.15) is 13.2 Å². The molecule has 31 heavy (non-hydrogen) atoms. The van der Waals surface area contributed by atoms with E-state index in [9.17, 15) is 18.0 Å². The van der Waals surface area contributed by atoms with Gasteiger partial charge in [0.25, 0.3) is 0 Å². The molecular weight excluding hydrogens is 451 g/mol. The fourth-order valence-electron chi connectivity index (χ4n) is 2.82. The van der Waals surface area contributed by atoms with Gasteiger partial charge in [0.1, 0.15) is 0 Å². The first-order valence-electron chi connectivity index (χ1n) is 9.38. The molecule has 1 unspecified atom stereocenters. The van der Waals surface area contributed by atoms with Crippen molar-refractivity contribution in [2.24, 2.45) is 0 Å². The Morgan fingerprint density at radius 2 is 1.94 bits per heavy atom. The van der Waals surface area contributed by atoms with Crippen LogP contribution < -0.4 is 5.32 Å². The number of nitrogens with one attached hydrogen (secondary N) is 1. The number of rotatable bonds is 7. The molecule has 0 aliphatic heterocycles. The first kappa shape index (κ1) is 23.1. The molecule has 2 heterocycles. The normalized spacial score (nSPS) is 12.6. The third-order valence-electron chi connectivity index (χ3n) is 4.30. The number of hydrogen-bond donors (Lipinski definition) is 1. The zero-order valence-corrected chi connectivity index (χ0v) is 18.2. The van der Waals surface area contributed by atoms with E-state index in [1.807, 2.05) is 11.5 Å². The SMILES string of the molecule is CCCn1c(SC(C)C(=O)Nc2ccc(Cl)cc2C(F)(F)F)nnc1-c1ccncc1. The van der Waals surface area contributed by atoms with E-state index in [4.69, 9.17) is 11.6 Å². The van der Waals surface area contributed by atoms with E-state index in [1.54, 1.807) is 31.5 Å². The number of hydrogen-bond acceptors (Lipinski definition) is 5. The van der Waals surface area contributed by atoms with Crippen molar-refractivity contribution < 1.29 is 18.0 Å². The maximum atomic E-state index is 13.3. The summed E-state index contributed by atoms with van der Waals surface area (Å²) in [5.41, 5.74) is -0.516. The van der Waals surface area contributed by atoms with E-state index in [1.165, 1.54) is 6.07 Å². The number of carbonyl (C=O) groups is 1.